The van der Waals surface area contributed by atoms with Crippen molar-refractivity contribution in [3.63, 3.8) is 0 Å². The van der Waals surface area contributed by atoms with Gasteiger partial charge in [-0.2, -0.15) is 0 Å². The molecule has 29 heavy (non-hydrogen) atoms. The van der Waals surface area contributed by atoms with E-state index in [2.05, 4.69) is 26.5 Å². The summed E-state index contributed by atoms with van der Waals surface area (Å²) in [6, 6.07) is 11.8. The molecule has 3 heterocycles. The molecule has 0 aliphatic rings. The van der Waals surface area contributed by atoms with Crippen LogP contribution in [0.3, 0.4) is 0 Å². The van der Waals surface area contributed by atoms with E-state index in [1.54, 1.807) is 31.7 Å². The lowest BCUT2D eigenvalue weighted by atomic mass is 10.0. The summed E-state index contributed by atoms with van der Waals surface area (Å²) in [6.07, 6.45) is 7.42. The summed E-state index contributed by atoms with van der Waals surface area (Å²) in [7, 11) is 0. The van der Waals surface area contributed by atoms with Gasteiger partial charge in [0.15, 0.2) is 0 Å². The van der Waals surface area contributed by atoms with Crippen molar-refractivity contribution in [2.75, 3.05) is 0 Å². The molecule has 0 saturated heterocycles. The van der Waals surface area contributed by atoms with Crippen LogP contribution >= 0.6 is 0 Å². The minimum atomic E-state index is 0.122. The Morgan fingerprint density at radius 1 is 1.07 bits per heavy atom. The SMILES string of the molecule is C=C(C=Nc1cccnc1C)c1cnc2c(ccc3cc(CC(C)=O)cnc32)c1. The fraction of sp³-hybridized carbons (Fsp3) is 0.125. The number of rotatable bonds is 5. The first-order valence-electron chi connectivity index (χ1n) is 9.33. The number of benzene rings is 1. The minimum Gasteiger partial charge on any atom is -0.300 e. The summed E-state index contributed by atoms with van der Waals surface area (Å²) < 4.78 is 0. The average molecular weight is 380 g/mol. The Hall–Kier alpha value is -3.73. The first kappa shape index (κ1) is 18.6. The van der Waals surface area contributed by atoms with Crippen LogP contribution in [0.2, 0.25) is 0 Å². The number of pyridine rings is 3. The van der Waals surface area contributed by atoms with E-state index in [1.165, 1.54) is 0 Å². The van der Waals surface area contributed by atoms with Gasteiger partial charge in [-0.1, -0.05) is 18.7 Å². The molecule has 0 spiro atoms. The number of fused-ring (bicyclic) bond motifs is 3. The van der Waals surface area contributed by atoms with Gasteiger partial charge in [0.1, 0.15) is 5.78 Å². The maximum Gasteiger partial charge on any atom is 0.134 e. The van der Waals surface area contributed by atoms with E-state index in [1.807, 2.05) is 43.3 Å². The molecule has 0 aliphatic carbocycles. The maximum absolute atomic E-state index is 11.4. The molecule has 0 amide bonds. The Morgan fingerprint density at radius 2 is 1.79 bits per heavy atom. The molecule has 0 aliphatic heterocycles. The third-order valence-corrected chi connectivity index (χ3v) is 4.72. The average Bonchev–Trinajstić information content (AvgIpc) is 2.71. The van der Waals surface area contributed by atoms with Gasteiger partial charge in [-0.05, 0) is 49.2 Å². The van der Waals surface area contributed by atoms with E-state index in [4.69, 9.17) is 0 Å². The molecule has 0 radical (unpaired) electrons. The second-order valence-electron chi connectivity index (χ2n) is 7.05. The zero-order valence-corrected chi connectivity index (χ0v) is 16.4. The number of allylic oxidation sites excluding steroid dienone is 1. The molecular formula is C24H20N4O. The van der Waals surface area contributed by atoms with Crippen LogP contribution in [0.1, 0.15) is 23.7 Å². The third-order valence-electron chi connectivity index (χ3n) is 4.72. The first-order chi connectivity index (χ1) is 14.0. The Bertz CT molecular complexity index is 1290. The zero-order chi connectivity index (χ0) is 20.4. The first-order valence-corrected chi connectivity index (χ1v) is 9.33. The normalized spacial score (nSPS) is 11.4. The number of aliphatic imine (C=N–C) groups is 1. The highest BCUT2D eigenvalue weighted by Gasteiger charge is 2.08. The van der Waals surface area contributed by atoms with Gasteiger partial charge in [-0.3, -0.25) is 24.7 Å². The van der Waals surface area contributed by atoms with Crippen molar-refractivity contribution in [2.24, 2.45) is 4.99 Å². The topological polar surface area (TPSA) is 68.1 Å². The van der Waals surface area contributed by atoms with Gasteiger partial charge in [0.25, 0.3) is 0 Å². The van der Waals surface area contributed by atoms with Crippen LogP contribution in [-0.4, -0.2) is 26.9 Å². The van der Waals surface area contributed by atoms with Gasteiger partial charge < -0.3 is 0 Å². The summed E-state index contributed by atoms with van der Waals surface area (Å²) in [5.74, 6) is 0.122. The highest BCUT2D eigenvalue weighted by atomic mass is 16.1. The van der Waals surface area contributed by atoms with E-state index in [0.717, 1.165) is 49.9 Å². The fourth-order valence-electron chi connectivity index (χ4n) is 3.23. The van der Waals surface area contributed by atoms with E-state index in [0.29, 0.717) is 6.42 Å². The van der Waals surface area contributed by atoms with Crippen LogP contribution in [0.25, 0.3) is 27.4 Å². The molecule has 3 aromatic heterocycles. The summed E-state index contributed by atoms with van der Waals surface area (Å²) in [6.45, 7) is 7.63. The van der Waals surface area contributed by atoms with Gasteiger partial charge in [-0.25, -0.2) is 0 Å². The molecule has 0 fully saturated rings. The molecule has 0 saturated carbocycles. The third kappa shape index (κ3) is 3.94. The van der Waals surface area contributed by atoms with Gasteiger partial charge in [0, 0.05) is 47.6 Å². The van der Waals surface area contributed by atoms with Crippen LogP contribution in [0.15, 0.2) is 66.6 Å². The molecule has 5 nitrogen and oxygen atoms in total. The lowest BCUT2D eigenvalue weighted by molar-refractivity contribution is -0.116. The second kappa shape index (κ2) is 7.72. The largest absolute Gasteiger partial charge is 0.300 e. The number of nitrogens with zero attached hydrogens (tertiary/aromatic N) is 4. The van der Waals surface area contributed by atoms with Crippen LogP contribution in [0, 0.1) is 6.92 Å². The van der Waals surface area contributed by atoms with E-state index >= 15 is 0 Å². The molecule has 5 heteroatoms. The Balaban J connectivity index is 1.67. The number of Topliss-reactive ketones (excluding diaryl/α,β-unsaturated/α-hetero) is 1. The van der Waals surface area contributed by atoms with Crippen molar-refractivity contribution in [2.45, 2.75) is 20.3 Å². The molecule has 0 unspecified atom stereocenters. The second-order valence-corrected chi connectivity index (χ2v) is 7.05. The Labute approximate surface area is 168 Å². The van der Waals surface area contributed by atoms with E-state index in [-0.39, 0.29) is 5.78 Å². The number of carbonyl (C=O) groups excluding carboxylic acids is 1. The van der Waals surface area contributed by atoms with Crippen molar-refractivity contribution >= 4 is 45.1 Å². The standard InChI is InChI=1S/C24H20N4O/c1-15(12-26-22-5-4-8-25-17(22)3)21-11-20-7-6-19-10-18(9-16(2)29)13-27-23(19)24(20)28-14-21/h4-8,10-14H,1,9H2,2-3H3. The number of aryl methyl sites for hydroxylation is 1. The summed E-state index contributed by atoms with van der Waals surface area (Å²) in [4.78, 5) is 29.3. The molecule has 142 valence electrons. The van der Waals surface area contributed by atoms with Gasteiger partial charge in [0.05, 0.1) is 22.4 Å². The Morgan fingerprint density at radius 3 is 2.52 bits per heavy atom. The number of ketones is 1. The van der Waals surface area contributed by atoms with Gasteiger partial charge >= 0.3 is 0 Å². The summed E-state index contributed by atoms with van der Waals surface area (Å²) >= 11 is 0. The number of carbonyl (C=O) groups is 1. The predicted molar refractivity (Wildman–Crippen MR) is 118 cm³/mol. The fourth-order valence-corrected chi connectivity index (χ4v) is 3.23. The van der Waals surface area contributed by atoms with Crippen LogP contribution < -0.4 is 0 Å². The van der Waals surface area contributed by atoms with Crippen LogP contribution in [0.5, 0.6) is 0 Å². The highest BCUT2D eigenvalue weighted by Crippen LogP contribution is 2.25. The van der Waals surface area contributed by atoms with Crippen molar-refractivity contribution < 1.29 is 4.79 Å². The number of hydrogen-bond donors (Lipinski definition) is 0. The maximum atomic E-state index is 11.4. The molecule has 1 aromatic carbocycles. The smallest absolute Gasteiger partial charge is 0.134 e. The molecule has 0 bridgehead atoms. The highest BCUT2D eigenvalue weighted by molar-refractivity contribution is 6.11. The molecular weight excluding hydrogens is 360 g/mol. The zero-order valence-electron chi connectivity index (χ0n) is 16.4. The summed E-state index contributed by atoms with van der Waals surface area (Å²) in [5.41, 5.74) is 5.92. The van der Waals surface area contributed by atoms with Crippen molar-refractivity contribution in [3.8, 4) is 0 Å². The lowest BCUT2D eigenvalue weighted by Gasteiger charge is -2.07. The number of hydrogen-bond acceptors (Lipinski definition) is 5. The molecule has 0 N–H and O–H groups in total. The number of aromatic nitrogens is 3. The molecule has 0 atom stereocenters. The van der Waals surface area contributed by atoms with Crippen LogP contribution in [-0.2, 0) is 11.2 Å². The monoisotopic (exact) mass is 380 g/mol. The molecule has 4 aromatic rings. The quantitative estimate of drug-likeness (QED) is 0.359. The van der Waals surface area contributed by atoms with Crippen molar-refractivity contribution in [3.05, 3.63) is 78.4 Å². The Kier molecular flexibility index (Phi) is 4.96. The van der Waals surface area contributed by atoms with E-state index in [9.17, 15) is 4.79 Å². The lowest BCUT2D eigenvalue weighted by Crippen LogP contribution is -1.97. The molecule has 4 rings (SSSR count). The van der Waals surface area contributed by atoms with Gasteiger partial charge in [0.2, 0.25) is 0 Å². The van der Waals surface area contributed by atoms with Crippen molar-refractivity contribution in [1.29, 1.82) is 0 Å². The van der Waals surface area contributed by atoms with Crippen molar-refractivity contribution in [1.82, 2.24) is 15.0 Å². The minimum absolute atomic E-state index is 0.122. The summed E-state index contributed by atoms with van der Waals surface area (Å²) in [5, 5.41) is 1.96. The van der Waals surface area contributed by atoms with Gasteiger partial charge in [-0.15, -0.1) is 0 Å². The predicted octanol–water partition coefficient (Wildman–Crippen LogP) is 5.03. The van der Waals surface area contributed by atoms with E-state index < -0.39 is 0 Å². The van der Waals surface area contributed by atoms with Crippen LogP contribution in [0.4, 0.5) is 5.69 Å².